The first-order valence-electron chi connectivity index (χ1n) is 5.84. The number of anilines is 1. The van der Waals surface area contributed by atoms with E-state index in [-0.39, 0.29) is 6.54 Å². The predicted octanol–water partition coefficient (Wildman–Crippen LogP) is 3.15. The lowest BCUT2D eigenvalue weighted by Gasteiger charge is -2.20. The summed E-state index contributed by atoms with van der Waals surface area (Å²) in [5.41, 5.74) is 0.0873. The Kier molecular flexibility index (Phi) is 4.08. The summed E-state index contributed by atoms with van der Waals surface area (Å²) < 4.78 is 53.4. The lowest BCUT2D eigenvalue weighted by Crippen LogP contribution is -2.21. The van der Waals surface area contributed by atoms with Crippen molar-refractivity contribution in [2.24, 2.45) is 0 Å². The average molecular weight is 295 g/mol. The van der Waals surface area contributed by atoms with E-state index >= 15 is 0 Å². The Bertz CT molecular complexity index is 699. The van der Waals surface area contributed by atoms with E-state index in [1.807, 2.05) is 6.07 Å². The fraction of sp³-hybridized carbons (Fsp3) is 0.143. The summed E-state index contributed by atoms with van der Waals surface area (Å²) in [7, 11) is 1.28. The third-order valence-electron chi connectivity index (χ3n) is 2.83. The van der Waals surface area contributed by atoms with Gasteiger partial charge in [-0.05, 0) is 17.7 Å². The number of nitriles is 1. The van der Waals surface area contributed by atoms with Crippen molar-refractivity contribution in [3.05, 3.63) is 58.9 Å². The first kappa shape index (κ1) is 14.8. The lowest BCUT2D eigenvalue weighted by molar-refractivity contribution is 0.407. The summed E-state index contributed by atoms with van der Waals surface area (Å²) in [5, 5.41) is 8.78. The van der Waals surface area contributed by atoms with Crippen molar-refractivity contribution in [1.29, 1.82) is 5.26 Å². The van der Waals surface area contributed by atoms with Crippen LogP contribution in [0, 0.1) is 34.9 Å². The van der Waals surface area contributed by atoms with Crippen molar-refractivity contribution in [3.8, 4) is 6.07 Å². The molecular formula is C14H9F4N3. The van der Waals surface area contributed by atoms with Crippen LogP contribution in [0.1, 0.15) is 11.1 Å². The van der Waals surface area contributed by atoms with Gasteiger partial charge in [0.15, 0.2) is 0 Å². The highest BCUT2D eigenvalue weighted by molar-refractivity contribution is 5.48. The number of rotatable bonds is 3. The van der Waals surface area contributed by atoms with Crippen molar-refractivity contribution in [1.82, 2.24) is 4.98 Å². The van der Waals surface area contributed by atoms with Gasteiger partial charge in [-0.15, -0.1) is 0 Å². The molecule has 2 aromatic rings. The van der Waals surface area contributed by atoms with Crippen LogP contribution in [-0.4, -0.2) is 12.0 Å². The molecule has 0 unspecified atom stereocenters. The van der Waals surface area contributed by atoms with Crippen LogP contribution in [0.4, 0.5) is 23.2 Å². The molecule has 1 aromatic carbocycles. The molecule has 0 atom stereocenters. The van der Waals surface area contributed by atoms with Gasteiger partial charge in [0, 0.05) is 13.6 Å². The van der Waals surface area contributed by atoms with Crippen LogP contribution in [0.5, 0.6) is 0 Å². The fourth-order valence-corrected chi connectivity index (χ4v) is 1.90. The van der Waals surface area contributed by atoms with Gasteiger partial charge >= 0.3 is 0 Å². The van der Waals surface area contributed by atoms with Gasteiger partial charge in [0.05, 0.1) is 11.6 Å². The lowest BCUT2D eigenvalue weighted by atomic mass is 10.1. The molecule has 0 saturated carbocycles. The second-order valence-electron chi connectivity index (χ2n) is 4.34. The summed E-state index contributed by atoms with van der Waals surface area (Å²) in [4.78, 5) is 3.51. The van der Waals surface area contributed by atoms with Crippen LogP contribution in [0.15, 0.2) is 24.3 Å². The van der Waals surface area contributed by atoms with Crippen molar-refractivity contribution >= 4 is 5.69 Å². The van der Waals surface area contributed by atoms with Crippen LogP contribution in [-0.2, 0) is 6.54 Å². The van der Waals surface area contributed by atoms with Gasteiger partial charge in [-0.1, -0.05) is 12.1 Å². The van der Waals surface area contributed by atoms with E-state index in [1.54, 1.807) is 18.2 Å². The zero-order valence-electron chi connectivity index (χ0n) is 10.9. The molecule has 0 aliphatic heterocycles. The smallest absolute Gasteiger partial charge is 0.253 e. The molecule has 0 spiro atoms. The van der Waals surface area contributed by atoms with Gasteiger partial charge in [-0.3, -0.25) is 0 Å². The predicted molar refractivity (Wildman–Crippen MR) is 67.3 cm³/mol. The summed E-state index contributed by atoms with van der Waals surface area (Å²) in [6.45, 7) is -0.0355. The summed E-state index contributed by atoms with van der Waals surface area (Å²) in [6, 6.07) is 8.23. The van der Waals surface area contributed by atoms with E-state index in [9.17, 15) is 17.6 Å². The number of hydrogen-bond acceptors (Lipinski definition) is 3. The molecule has 1 aromatic heterocycles. The summed E-state index contributed by atoms with van der Waals surface area (Å²) in [5.74, 6) is -6.54. The number of pyridine rings is 1. The zero-order valence-corrected chi connectivity index (χ0v) is 10.9. The normalized spacial score (nSPS) is 10.3. The molecule has 7 heteroatoms. The number of benzene rings is 1. The highest BCUT2D eigenvalue weighted by atomic mass is 19.2. The fourth-order valence-electron chi connectivity index (χ4n) is 1.90. The molecule has 0 amide bonds. The molecule has 0 saturated heterocycles. The maximum Gasteiger partial charge on any atom is 0.253 e. The van der Waals surface area contributed by atoms with Gasteiger partial charge in [0.25, 0.3) is 11.9 Å². The third kappa shape index (κ3) is 2.94. The number of nitrogens with zero attached hydrogens (tertiary/aromatic N) is 3. The highest BCUT2D eigenvalue weighted by Crippen LogP contribution is 2.26. The van der Waals surface area contributed by atoms with Crippen LogP contribution >= 0.6 is 0 Å². The minimum absolute atomic E-state index is 0.0355. The van der Waals surface area contributed by atoms with Gasteiger partial charge in [0.2, 0.25) is 11.6 Å². The Morgan fingerprint density at radius 3 is 2.33 bits per heavy atom. The van der Waals surface area contributed by atoms with Gasteiger partial charge in [-0.25, -0.2) is 0 Å². The Labute approximate surface area is 118 Å². The second-order valence-corrected chi connectivity index (χ2v) is 4.34. The second kappa shape index (κ2) is 5.79. The standard InChI is InChI=1S/C14H9F4N3/c1-21(7-9-4-2-3-8(5-9)6-19)12-10(15)13(17)20-14(18)11(12)16/h2-5H,7H2,1H3. The van der Waals surface area contributed by atoms with Gasteiger partial charge in [-0.2, -0.15) is 27.8 Å². The zero-order chi connectivity index (χ0) is 15.6. The molecule has 1 heterocycles. The monoisotopic (exact) mass is 295 g/mol. The topological polar surface area (TPSA) is 39.9 Å². The van der Waals surface area contributed by atoms with Gasteiger partial charge < -0.3 is 4.90 Å². The highest BCUT2D eigenvalue weighted by Gasteiger charge is 2.23. The molecule has 0 aliphatic rings. The molecule has 108 valence electrons. The molecule has 0 bridgehead atoms. The molecule has 0 radical (unpaired) electrons. The van der Waals surface area contributed by atoms with E-state index in [2.05, 4.69) is 4.98 Å². The summed E-state index contributed by atoms with van der Waals surface area (Å²) >= 11 is 0. The number of aromatic nitrogens is 1. The molecule has 0 fully saturated rings. The van der Waals surface area contributed by atoms with Crippen molar-refractivity contribution in [3.63, 3.8) is 0 Å². The first-order valence-corrected chi connectivity index (χ1v) is 5.84. The van der Waals surface area contributed by atoms with Crippen LogP contribution < -0.4 is 4.90 Å². The molecule has 0 aliphatic carbocycles. The van der Waals surface area contributed by atoms with E-state index < -0.39 is 29.2 Å². The maximum atomic E-state index is 13.6. The minimum atomic E-state index is -1.71. The molecule has 21 heavy (non-hydrogen) atoms. The SMILES string of the molecule is CN(Cc1cccc(C#N)c1)c1c(F)c(F)nc(F)c1F. The quantitative estimate of drug-likeness (QED) is 0.645. The van der Waals surface area contributed by atoms with Crippen LogP contribution in [0.2, 0.25) is 0 Å². The molecular weight excluding hydrogens is 286 g/mol. The van der Waals surface area contributed by atoms with Crippen molar-refractivity contribution < 1.29 is 17.6 Å². The van der Waals surface area contributed by atoms with Gasteiger partial charge in [0.1, 0.15) is 5.69 Å². The van der Waals surface area contributed by atoms with E-state index in [4.69, 9.17) is 5.26 Å². The molecule has 3 nitrogen and oxygen atoms in total. The van der Waals surface area contributed by atoms with Crippen LogP contribution in [0.3, 0.4) is 0 Å². The van der Waals surface area contributed by atoms with E-state index in [1.165, 1.54) is 13.1 Å². The van der Waals surface area contributed by atoms with Crippen molar-refractivity contribution in [2.75, 3.05) is 11.9 Å². The van der Waals surface area contributed by atoms with E-state index in [0.29, 0.717) is 11.1 Å². The maximum absolute atomic E-state index is 13.6. The van der Waals surface area contributed by atoms with E-state index in [0.717, 1.165) is 4.90 Å². The minimum Gasteiger partial charge on any atom is -0.365 e. The average Bonchev–Trinajstić information content (AvgIpc) is 2.45. The molecule has 0 N–H and O–H groups in total. The largest absolute Gasteiger partial charge is 0.365 e. The Hall–Kier alpha value is -2.62. The third-order valence-corrected chi connectivity index (χ3v) is 2.83. The number of halogens is 4. The Morgan fingerprint density at radius 1 is 1.14 bits per heavy atom. The first-order chi connectivity index (χ1) is 9.93. The Morgan fingerprint density at radius 2 is 1.76 bits per heavy atom. The number of hydrogen-bond donors (Lipinski definition) is 0. The van der Waals surface area contributed by atoms with Crippen LogP contribution in [0.25, 0.3) is 0 Å². The summed E-state index contributed by atoms with van der Waals surface area (Å²) in [6.07, 6.45) is 0. The van der Waals surface area contributed by atoms with Crippen molar-refractivity contribution in [2.45, 2.75) is 6.54 Å². The Balaban J connectivity index is 2.37. The molecule has 2 rings (SSSR count).